The molecule has 0 radical (unpaired) electrons. The number of benzene rings is 2. The molecule has 4 rings (SSSR count). The Labute approximate surface area is 158 Å². The van der Waals surface area contributed by atoms with Crippen LogP contribution in [0.4, 0.5) is 28.9 Å². The number of rotatable bonds is 1. The number of hydrogen-bond donors (Lipinski definition) is 1. The van der Waals surface area contributed by atoms with Crippen LogP contribution in [-0.4, -0.2) is 18.4 Å². The van der Waals surface area contributed by atoms with Crippen LogP contribution in [0.2, 0.25) is 0 Å². The van der Waals surface area contributed by atoms with E-state index in [2.05, 4.69) is 5.32 Å². The van der Waals surface area contributed by atoms with Crippen LogP contribution in [0.5, 0.6) is 0 Å². The standard InChI is InChI=1S/C20H16F4N2O2/c21-13-4-5-14-15(10-18(27)25-16(14)9-13)19(28)26-7-1-2-11-8-12(20(22,23)24)3-6-17(11)26/h3-6,8-9,15H,1-2,7,10H2,(H,25,27). The van der Waals surface area contributed by atoms with Crippen molar-refractivity contribution < 1.29 is 27.2 Å². The van der Waals surface area contributed by atoms with Crippen LogP contribution in [0.3, 0.4) is 0 Å². The van der Waals surface area contributed by atoms with Crippen LogP contribution in [0.15, 0.2) is 36.4 Å². The van der Waals surface area contributed by atoms with E-state index in [0.29, 0.717) is 36.2 Å². The Morgan fingerprint density at radius 3 is 2.68 bits per heavy atom. The molecular weight excluding hydrogens is 376 g/mol. The number of fused-ring (bicyclic) bond motifs is 2. The number of nitrogens with zero attached hydrogens (tertiary/aromatic N) is 1. The molecule has 0 aromatic heterocycles. The number of amides is 2. The van der Waals surface area contributed by atoms with Gasteiger partial charge >= 0.3 is 6.18 Å². The van der Waals surface area contributed by atoms with Crippen molar-refractivity contribution in [1.82, 2.24) is 0 Å². The first-order valence-electron chi connectivity index (χ1n) is 8.85. The highest BCUT2D eigenvalue weighted by atomic mass is 19.4. The molecule has 2 aliphatic rings. The minimum atomic E-state index is -4.45. The molecule has 0 fully saturated rings. The van der Waals surface area contributed by atoms with Crippen molar-refractivity contribution in [2.45, 2.75) is 31.4 Å². The smallest absolute Gasteiger partial charge is 0.326 e. The molecule has 0 bridgehead atoms. The molecule has 1 atom stereocenters. The summed E-state index contributed by atoms with van der Waals surface area (Å²) in [6.07, 6.45) is -3.58. The van der Waals surface area contributed by atoms with E-state index >= 15 is 0 Å². The molecule has 4 nitrogen and oxygen atoms in total. The third-order valence-corrected chi connectivity index (χ3v) is 5.14. The first kappa shape index (κ1) is 18.5. The number of halogens is 4. The highest BCUT2D eigenvalue weighted by molar-refractivity contribution is 6.06. The van der Waals surface area contributed by atoms with Crippen LogP contribution in [0.1, 0.15) is 35.4 Å². The molecule has 1 unspecified atom stereocenters. The summed E-state index contributed by atoms with van der Waals surface area (Å²) >= 11 is 0. The molecule has 2 aromatic rings. The van der Waals surface area contributed by atoms with Gasteiger partial charge in [0.25, 0.3) is 0 Å². The van der Waals surface area contributed by atoms with E-state index < -0.39 is 29.4 Å². The minimum absolute atomic E-state index is 0.0933. The van der Waals surface area contributed by atoms with Crippen LogP contribution < -0.4 is 10.2 Å². The monoisotopic (exact) mass is 392 g/mol. The second-order valence-electron chi connectivity index (χ2n) is 6.97. The van der Waals surface area contributed by atoms with E-state index in [-0.39, 0.29) is 18.0 Å². The third kappa shape index (κ3) is 3.23. The summed E-state index contributed by atoms with van der Waals surface area (Å²) in [6.45, 7) is 0.353. The first-order chi connectivity index (χ1) is 13.2. The largest absolute Gasteiger partial charge is 0.416 e. The summed E-state index contributed by atoms with van der Waals surface area (Å²) in [6, 6.07) is 7.18. The molecule has 2 amide bonds. The number of hydrogen-bond acceptors (Lipinski definition) is 2. The van der Waals surface area contributed by atoms with Crippen LogP contribution in [0.25, 0.3) is 0 Å². The van der Waals surface area contributed by atoms with Gasteiger partial charge in [0, 0.05) is 24.3 Å². The summed E-state index contributed by atoms with van der Waals surface area (Å²) in [5.74, 6) is -2.11. The fourth-order valence-electron chi connectivity index (χ4n) is 3.85. The molecule has 8 heteroatoms. The van der Waals surface area contributed by atoms with E-state index in [4.69, 9.17) is 0 Å². The Morgan fingerprint density at radius 1 is 1.14 bits per heavy atom. The highest BCUT2D eigenvalue weighted by Crippen LogP contribution is 2.39. The van der Waals surface area contributed by atoms with Crippen LogP contribution in [-0.2, 0) is 22.2 Å². The number of alkyl halides is 3. The number of nitrogens with one attached hydrogen (secondary N) is 1. The predicted octanol–water partition coefficient (Wildman–Crippen LogP) is 4.25. The van der Waals surface area contributed by atoms with E-state index in [1.807, 2.05) is 0 Å². The van der Waals surface area contributed by atoms with Crippen molar-refractivity contribution in [2.75, 3.05) is 16.8 Å². The Balaban J connectivity index is 1.70. The lowest BCUT2D eigenvalue weighted by atomic mass is 9.88. The van der Waals surface area contributed by atoms with Gasteiger partial charge in [0.2, 0.25) is 11.8 Å². The zero-order valence-corrected chi connectivity index (χ0v) is 14.6. The molecule has 0 aliphatic carbocycles. The quantitative estimate of drug-likeness (QED) is 0.738. The molecule has 2 aliphatic heterocycles. The normalized spacial score (nSPS) is 18.9. The summed E-state index contributed by atoms with van der Waals surface area (Å²) < 4.78 is 52.5. The zero-order chi connectivity index (χ0) is 20.1. The third-order valence-electron chi connectivity index (χ3n) is 5.14. The van der Waals surface area contributed by atoms with E-state index in [1.54, 1.807) is 0 Å². The van der Waals surface area contributed by atoms with E-state index in [9.17, 15) is 27.2 Å². The minimum Gasteiger partial charge on any atom is -0.326 e. The van der Waals surface area contributed by atoms with E-state index in [0.717, 1.165) is 18.2 Å². The molecular formula is C20H16F4N2O2. The second kappa shape index (κ2) is 6.61. The molecule has 28 heavy (non-hydrogen) atoms. The van der Waals surface area contributed by atoms with Gasteiger partial charge in [0.15, 0.2) is 0 Å². The molecule has 0 spiro atoms. The first-order valence-corrected chi connectivity index (χ1v) is 8.85. The van der Waals surface area contributed by atoms with Crippen molar-refractivity contribution in [2.24, 2.45) is 0 Å². The Morgan fingerprint density at radius 2 is 1.93 bits per heavy atom. The maximum Gasteiger partial charge on any atom is 0.416 e. The lowest BCUT2D eigenvalue weighted by Gasteiger charge is -2.34. The second-order valence-corrected chi connectivity index (χ2v) is 6.97. The summed E-state index contributed by atoms with van der Waals surface area (Å²) in [5.41, 5.74) is 0.885. The predicted molar refractivity (Wildman–Crippen MR) is 94.5 cm³/mol. The topological polar surface area (TPSA) is 49.4 Å². The van der Waals surface area contributed by atoms with Gasteiger partial charge in [-0.1, -0.05) is 6.07 Å². The van der Waals surface area contributed by atoms with Gasteiger partial charge in [0.05, 0.1) is 11.5 Å². The SMILES string of the molecule is O=C1CC(C(=O)N2CCCc3cc(C(F)(F)F)ccc32)c2ccc(F)cc2N1. The molecule has 146 valence electrons. The maximum atomic E-state index is 13.5. The number of anilines is 2. The van der Waals surface area contributed by atoms with Crippen molar-refractivity contribution in [1.29, 1.82) is 0 Å². The number of carbonyl (C=O) groups excluding carboxylic acids is 2. The Kier molecular flexibility index (Phi) is 4.36. The van der Waals surface area contributed by atoms with Gasteiger partial charge in [-0.25, -0.2) is 4.39 Å². The zero-order valence-electron chi connectivity index (χ0n) is 14.6. The molecule has 1 N–H and O–H groups in total. The molecule has 0 saturated carbocycles. The lowest BCUT2D eigenvalue weighted by Crippen LogP contribution is -2.41. The average molecular weight is 392 g/mol. The van der Waals surface area contributed by atoms with Crippen molar-refractivity contribution in [3.05, 3.63) is 58.9 Å². The van der Waals surface area contributed by atoms with Gasteiger partial charge in [-0.3, -0.25) is 9.59 Å². The molecule has 2 heterocycles. The summed E-state index contributed by atoms with van der Waals surface area (Å²) in [4.78, 5) is 26.7. The summed E-state index contributed by atoms with van der Waals surface area (Å²) in [5, 5.41) is 2.56. The molecule has 2 aromatic carbocycles. The number of carbonyl (C=O) groups is 2. The van der Waals surface area contributed by atoms with Crippen molar-refractivity contribution >= 4 is 23.2 Å². The van der Waals surface area contributed by atoms with Gasteiger partial charge < -0.3 is 10.2 Å². The van der Waals surface area contributed by atoms with Gasteiger partial charge in [-0.05, 0) is 54.3 Å². The number of aryl methyl sites for hydroxylation is 1. The Bertz CT molecular complexity index is 971. The van der Waals surface area contributed by atoms with E-state index in [1.165, 1.54) is 23.1 Å². The van der Waals surface area contributed by atoms with Crippen LogP contribution >= 0.6 is 0 Å². The van der Waals surface area contributed by atoms with Crippen LogP contribution in [0, 0.1) is 5.82 Å². The summed E-state index contributed by atoms with van der Waals surface area (Å²) in [7, 11) is 0. The fourth-order valence-corrected chi connectivity index (χ4v) is 3.85. The molecule has 0 saturated heterocycles. The Hall–Kier alpha value is -2.90. The van der Waals surface area contributed by atoms with Crippen molar-refractivity contribution in [3.8, 4) is 0 Å². The maximum absolute atomic E-state index is 13.5. The van der Waals surface area contributed by atoms with Gasteiger partial charge in [-0.2, -0.15) is 13.2 Å². The van der Waals surface area contributed by atoms with Gasteiger partial charge in [-0.15, -0.1) is 0 Å². The van der Waals surface area contributed by atoms with Gasteiger partial charge in [0.1, 0.15) is 5.82 Å². The lowest BCUT2D eigenvalue weighted by molar-refractivity contribution is -0.137. The fraction of sp³-hybridized carbons (Fsp3) is 0.300. The highest BCUT2D eigenvalue weighted by Gasteiger charge is 2.37. The van der Waals surface area contributed by atoms with Crippen molar-refractivity contribution in [3.63, 3.8) is 0 Å². The average Bonchev–Trinajstić information content (AvgIpc) is 2.64.